The molecule has 2 heterocycles. The summed E-state index contributed by atoms with van der Waals surface area (Å²) in [6, 6.07) is 7.09. The van der Waals surface area contributed by atoms with Crippen molar-refractivity contribution < 1.29 is 28.6 Å². The third-order valence-electron chi connectivity index (χ3n) is 5.59. The number of aromatic nitrogens is 1. The van der Waals surface area contributed by atoms with Crippen LogP contribution in [0.2, 0.25) is 0 Å². The van der Waals surface area contributed by atoms with Crippen molar-refractivity contribution in [3.63, 3.8) is 0 Å². The molecule has 4 unspecified atom stereocenters. The number of nitrogens with one attached hydrogen (secondary N) is 1. The number of piperidine rings is 1. The Hall–Kier alpha value is -2.85. The summed E-state index contributed by atoms with van der Waals surface area (Å²) in [7, 11) is 0. The van der Waals surface area contributed by atoms with Crippen LogP contribution in [0.5, 0.6) is 0 Å². The molecular formula is C25H32FN3O5S. The summed E-state index contributed by atoms with van der Waals surface area (Å²) in [5.41, 5.74) is 0.200. The van der Waals surface area contributed by atoms with Gasteiger partial charge in [0, 0.05) is 17.5 Å². The maximum atomic E-state index is 14.9. The van der Waals surface area contributed by atoms with E-state index >= 15 is 0 Å². The number of aliphatic hydroxyl groups is 1. The maximum Gasteiger partial charge on any atom is 0.343 e. The Morgan fingerprint density at radius 3 is 2.54 bits per heavy atom. The number of likely N-dealkylation sites (tertiary alicyclic amines) is 1. The first-order valence-electron chi connectivity index (χ1n) is 11.6. The number of aliphatic hydroxyl groups excluding tert-OH is 1. The summed E-state index contributed by atoms with van der Waals surface area (Å²) in [5.74, 6) is -2.19. The third-order valence-corrected chi connectivity index (χ3v) is 6.48. The number of halogens is 1. The number of nitrogens with zero attached hydrogens (tertiary/aromatic N) is 2. The van der Waals surface area contributed by atoms with Gasteiger partial charge in [-0.3, -0.25) is 9.59 Å². The number of alkyl halides is 1. The average Bonchev–Trinajstić information content (AvgIpc) is 3.31. The summed E-state index contributed by atoms with van der Waals surface area (Å²) >= 11 is 1.34. The lowest BCUT2D eigenvalue weighted by Gasteiger charge is -2.36. The molecule has 2 aromatic rings. The normalized spacial score (nSPS) is 18.9. The van der Waals surface area contributed by atoms with Crippen LogP contribution < -0.4 is 5.32 Å². The van der Waals surface area contributed by atoms with Crippen LogP contribution in [0.1, 0.15) is 57.4 Å². The van der Waals surface area contributed by atoms with Gasteiger partial charge in [-0.05, 0) is 47.0 Å². The van der Waals surface area contributed by atoms with Gasteiger partial charge in [-0.25, -0.2) is 14.2 Å². The van der Waals surface area contributed by atoms with E-state index < -0.39 is 41.8 Å². The van der Waals surface area contributed by atoms with E-state index in [1.54, 1.807) is 26.2 Å². The number of carbonyl (C=O) groups excluding carboxylic acids is 3. The summed E-state index contributed by atoms with van der Waals surface area (Å²) < 4.78 is 20.0. The molecule has 4 atom stereocenters. The second-order valence-corrected chi connectivity index (χ2v) is 10.5. The summed E-state index contributed by atoms with van der Waals surface area (Å²) in [6.45, 7) is 6.42. The zero-order valence-corrected chi connectivity index (χ0v) is 21.2. The van der Waals surface area contributed by atoms with Crippen molar-refractivity contribution in [3.8, 4) is 10.6 Å². The molecule has 0 saturated carbocycles. The fraction of sp³-hybridized carbons (Fsp3) is 0.520. The van der Waals surface area contributed by atoms with Crippen LogP contribution in [-0.4, -0.2) is 69.3 Å². The van der Waals surface area contributed by atoms with Crippen molar-refractivity contribution in [2.24, 2.45) is 0 Å². The Balaban J connectivity index is 1.74. The van der Waals surface area contributed by atoms with Gasteiger partial charge in [0.2, 0.25) is 12.1 Å². The quantitative estimate of drug-likeness (QED) is 0.559. The largest absolute Gasteiger partial charge is 0.458 e. The van der Waals surface area contributed by atoms with E-state index in [9.17, 15) is 23.9 Å². The van der Waals surface area contributed by atoms with E-state index in [4.69, 9.17) is 4.74 Å². The molecule has 8 nitrogen and oxygen atoms in total. The van der Waals surface area contributed by atoms with E-state index in [0.29, 0.717) is 30.8 Å². The number of hydrogen-bond donors (Lipinski definition) is 2. The average molecular weight is 506 g/mol. The zero-order valence-electron chi connectivity index (χ0n) is 20.4. The highest BCUT2D eigenvalue weighted by molar-refractivity contribution is 7.13. The standard InChI is InChI=1S/C25H32FN3O5S/c1-15(30)20(19(26)24(33)34-25(2,3)4)28-21(31)18-12-8-9-13-29(18)23(32)17-14-35-22(27-17)16-10-6-5-7-11-16/h5-7,10-11,14-15,18-20,30H,8-9,12-13H2,1-4H3,(H,28,31). The molecule has 190 valence electrons. The first-order chi connectivity index (χ1) is 16.5. The molecule has 2 N–H and O–H groups in total. The first-order valence-corrected chi connectivity index (χ1v) is 12.5. The number of hydrogen-bond acceptors (Lipinski definition) is 7. The highest BCUT2D eigenvalue weighted by Crippen LogP contribution is 2.26. The molecule has 0 aliphatic carbocycles. The molecule has 0 bridgehead atoms. The minimum Gasteiger partial charge on any atom is -0.458 e. The van der Waals surface area contributed by atoms with Gasteiger partial charge in [-0.2, -0.15) is 0 Å². The minimum atomic E-state index is -2.27. The van der Waals surface area contributed by atoms with Crippen molar-refractivity contribution in [3.05, 3.63) is 41.4 Å². The predicted octanol–water partition coefficient (Wildman–Crippen LogP) is 3.35. The SMILES string of the molecule is CC(O)C(NC(=O)C1CCCCN1C(=O)c1csc(-c2ccccc2)n1)C(F)C(=O)OC(C)(C)C. The Morgan fingerprint density at radius 1 is 1.23 bits per heavy atom. The molecule has 0 spiro atoms. The molecule has 0 radical (unpaired) electrons. The molecule has 1 fully saturated rings. The van der Waals surface area contributed by atoms with E-state index in [0.717, 1.165) is 5.56 Å². The number of rotatable bonds is 7. The lowest BCUT2D eigenvalue weighted by molar-refractivity contribution is -0.163. The highest BCUT2D eigenvalue weighted by atomic mass is 32.1. The molecule has 35 heavy (non-hydrogen) atoms. The van der Waals surface area contributed by atoms with E-state index in [-0.39, 0.29) is 11.6 Å². The van der Waals surface area contributed by atoms with Gasteiger partial charge in [-0.1, -0.05) is 30.3 Å². The molecule has 3 rings (SSSR count). The van der Waals surface area contributed by atoms with Crippen molar-refractivity contribution in [1.82, 2.24) is 15.2 Å². The molecule has 10 heteroatoms. The number of benzene rings is 1. The number of esters is 1. The lowest BCUT2D eigenvalue weighted by atomic mass is 9.99. The summed E-state index contributed by atoms with van der Waals surface area (Å²) in [5, 5.41) is 14.9. The van der Waals surface area contributed by atoms with E-state index in [1.807, 2.05) is 30.3 Å². The second kappa shape index (κ2) is 11.3. The van der Waals surface area contributed by atoms with Crippen molar-refractivity contribution >= 4 is 29.1 Å². The fourth-order valence-corrected chi connectivity index (χ4v) is 4.68. The number of thiazole rings is 1. The first kappa shape index (κ1) is 26.7. The van der Waals surface area contributed by atoms with Gasteiger partial charge in [0.05, 0.1) is 12.1 Å². The van der Waals surface area contributed by atoms with Crippen molar-refractivity contribution in [1.29, 1.82) is 0 Å². The smallest absolute Gasteiger partial charge is 0.343 e. The number of ether oxygens (including phenoxy) is 1. The van der Waals surface area contributed by atoms with Crippen molar-refractivity contribution in [2.75, 3.05) is 6.54 Å². The highest BCUT2D eigenvalue weighted by Gasteiger charge is 2.40. The molecule has 1 aromatic heterocycles. The summed E-state index contributed by atoms with van der Waals surface area (Å²) in [6.07, 6.45) is -1.82. The molecule has 2 amide bonds. The molecule has 1 aliphatic heterocycles. The number of carbonyl (C=O) groups is 3. The lowest BCUT2D eigenvalue weighted by Crippen LogP contribution is -2.58. The third kappa shape index (κ3) is 6.85. The van der Waals surface area contributed by atoms with Crippen LogP contribution >= 0.6 is 11.3 Å². The van der Waals surface area contributed by atoms with Crippen molar-refractivity contribution in [2.45, 2.75) is 76.9 Å². The Morgan fingerprint density at radius 2 is 1.91 bits per heavy atom. The van der Waals surface area contributed by atoms with Gasteiger partial charge < -0.3 is 20.1 Å². The monoisotopic (exact) mass is 505 g/mol. The fourth-order valence-electron chi connectivity index (χ4n) is 3.88. The topological polar surface area (TPSA) is 109 Å². The molecular weight excluding hydrogens is 473 g/mol. The minimum absolute atomic E-state index is 0.234. The predicted molar refractivity (Wildman–Crippen MR) is 131 cm³/mol. The Labute approximate surface area is 208 Å². The van der Waals surface area contributed by atoms with E-state index in [1.165, 1.54) is 23.2 Å². The Bertz CT molecular complexity index is 1040. The molecule has 1 aliphatic rings. The van der Waals surface area contributed by atoms with Gasteiger partial charge in [0.1, 0.15) is 22.3 Å². The molecule has 1 aromatic carbocycles. The summed E-state index contributed by atoms with van der Waals surface area (Å²) in [4.78, 5) is 44.5. The van der Waals surface area contributed by atoms with Crippen LogP contribution in [0, 0.1) is 0 Å². The van der Waals surface area contributed by atoms with Crippen LogP contribution in [-0.2, 0) is 14.3 Å². The van der Waals surface area contributed by atoms with Gasteiger partial charge in [0.25, 0.3) is 5.91 Å². The Kier molecular flexibility index (Phi) is 8.60. The van der Waals surface area contributed by atoms with Gasteiger partial charge in [0.15, 0.2) is 0 Å². The maximum absolute atomic E-state index is 14.9. The number of amides is 2. The zero-order chi connectivity index (χ0) is 25.8. The van der Waals surface area contributed by atoms with Gasteiger partial charge >= 0.3 is 5.97 Å². The molecule has 1 saturated heterocycles. The van der Waals surface area contributed by atoms with Gasteiger partial charge in [-0.15, -0.1) is 11.3 Å². The van der Waals surface area contributed by atoms with Crippen LogP contribution in [0.4, 0.5) is 4.39 Å². The van der Waals surface area contributed by atoms with Crippen LogP contribution in [0.25, 0.3) is 10.6 Å². The van der Waals surface area contributed by atoms with E-state index in [2.05, 4.69) is 10.3 Å². The van der Waals surface area contributed by atoms with Crippen LogP contribution in [0.3, 0.4) is 0 Å². The van der Waals surface area contributed by atoms with Crippen LogP contribution in [0.15, 0.2) is 35.7 Å². The second-order valence-electron chi connectivity index (χ2n) is 9.62.